The molecule has 0 radical (unpaired) electrons. The molecule has 1 aliphatic carbocycles. The van der Waals surface area contributed by atoms with E-state index in [2.05, 4.69) is 12.1 Å². The minimum absolute atomic E-state index is 0.0242. The highest BCUT2D eigenvalue weighted by Gasteiger charge is 2.48. The van der Waals surface area contributed by atoms with Crippen LogP contribution in [0.25, 0.3) is 0 Å². The number of ether oxygens (including phenoxy) is 1. The Bertz CT molecular complexity index is 348. The molecule has 2 rings (SSSR count). The van der Waals surface area contributed by atoms with E-state index in [1.165, 1.54) is 5.56 Å². The molecule has 0 aromatic heterocycles. The van der Waals surface area contributed by atoms with Crippen molar-refractivity contribution in [3.63, 3.8) is 0 Å². The molecule has 0 saturated heterocycles. The minimum atomic E-state index is -0.260. The van der Waals surface area contributed by atoms with Gasteiger partial charge in [-0.3, -0.25) is 0 Å². The lowest BCUT2D eigenvalue weighted by Gasteiger charge is -2.19. The molecular weight excluding hydrogens is 200 g/mol. The molecule has 0 bridgehead atoms. The summed E-state index contributed by atoms with van der Waals surface area (Å²) >= 11 is 0. The summed E-state index contributed by atoms with van der Waals surface area (Å²) < 4.78 is 5.60. The van der Waals surface area contributed by atoms with Crippen LogP contribution in [-0.2, 0) is 5.41 Å². The average molecular weight is 220 g/mol. The summed E-state index contributed by atoms with van der Waals surface area (Å²) in [4.78, 5) is 0. The van der Waals surface area contributed by atoms with E-state index in [0.29, 0.717) is 0 Å². The van der Waals surface area contributed by atoms with Gasteiger partial charge < -0.3 is 9.84 Å². The van der Waals surface area contributed by atoms with Crippen LogP contribution in [0.1, 0.15) is 39.2 Å². The Hall–Kier alpha value is -1.02. The third-order valence-corrected chi connectivity index (χ3v) is 3.39. The van der Waals surface area contributed by atoms with Crippen LogP contribution in [0.2, 0.25) is 0 Å². The van der Waals surface area contributed by atoms with Gasteiger partial charge in [0.1, 0.15) is 5.75 Å². The Balaban J connectivity index is 2.14. The van der Waals surface area contributed by atoms with Crippen LogP contribution in [0, 0.1) is 0 Å². The lowest BCUT2D eigenvalue weighted by Crippen LogP contribution is -2.22. The van der Waals surface area contributed by atoms with E-state index in [-0.39, 0.29) is 17.6 Å². The number of benzene rings is 1. The highest BCUT2D eigenvalue weighted by atomic mass is 16.5. The van der Waals surface area contributed by atoms with Crippen LogP contribution in [-0.4, -0.2) is 17.3 Å². The van der Waals surface area contributed by atoms with Gasteiger partial charge in [-0.1, -0.05) is 12.1 Å². The van der Waals surface area contributed by atoms with Crippen LogP contribution in [0.3, 0.4) is 0 Å². The highest BCUT2D eigenvalue weighted by Crippen LogP contribution is 2.51. The van der Waals surface area contributed by atoms with Crippen molar-refractivity contribution >= 4 is 0 Å². The normalized spacial score (nSPS) is 19.6. The van der Waals surface area contributed by atoms with Crippen LogP contribution >= 0.6 is 0 Å². The predicted octanol–water partition coefficient (Wildman–Crippen LogP) is 2.89. The molecule has 2 heteroatoms. The van der Waals surface area contributed by atoms with Gasteiger partial charge in [0.2, 0.25) is 0 Å². The SMILES string of the molecule is CC(C)Oc1ccc(C2(C(C)O)CC2)cc1. The Morgan fingerprint density at radius 1 is 1.12 bits per heavy atom. The maximum Gasteiger partial charge on any atom is 0.119 e. The summed E-state index contributed by atoms with van der Waals surface area (Å²) in [5.74, 6) is 0.903. The fourth-order valence-corrected chi connectivity index (χ4v) is 2.22. The maximum atomic E-state index is 9.78. The Labute approximate surface area is 97.3 Å². The van der Waals surface area contributed by atoms with Crippen molar-refractivity contribution in [3.8, 4) is 5.75 Å². The van der Waals surface area contributed by atoms with E-state index >= 15 is 0 Å². The van der Waals surface area contributed by atoms with Gasteiger partial charge in [0.05, 0.1) is 12.2 Å². The molecule has 1 N–H and O–H groups in total. The fourth-order valence-electron chi connectivity index (χ4n) is 2.22. The van der Waals surface area contributed by atoms with Crippen LogP contribution in [0.5, 0.6) is 5.75 Å². The molecule has 1 atom stereocenters. The monoisotopic (exact) mass is 220 g/mol. The van der Waals surface area contributed by atoms with Gasteiger partial charge >= 0.3 is 0 Å². The first-order valence-electron chi connectivity index (χ1n) is 6.00. The molecule has 0 aliphatic heterocycles. The molecule has 0 amide bonds. The highest BCUT2D eigenvalue weighted by molar-refractivity contribution is 5.37. The minimum Gasteiger partial charge on any atom is -0.491 e. The molecule has 2 nitrogen and oxygen atoms in total. The van der Waals surface area contributed by atoms with Crippen molar-refractivity contribution < 1.29 is 9.84 Å². The first-order chi connectivity index (χ1) is 7.54. The molecular formula is C14H20O2. The number of hydrogen-bond acceptors (Lipinski definition) is 2. The number of rotatable bonds is 4. The molecule has 0 heterocycles. The van der Waals surface area contributed by atoms with Crippen molar-refractivity contribution in [2.24, 2.45) is 0 Å². The average Bonchev–Trinajstić information content (AvgIpc) is 2.98. The molecule has 1 aromatic rings. The zero-order valence-corrected chi connectivity index (χ0v) is 10.2. The zero-order chi connectivity index (χ0) is 11.8. The molecule has 1 aliphatic rings. The van der Waals surface area contributed by atoms with Gasteiger partial charge in [-0.15, -0.1) is 0 Å². The van der Waals surface area contributed by atoms with Gasteiger partial charge in [-0.25, -0.2) is 0 Å². The van der Waals surface area contributed by atoms with Crippen LogP contribution < -0.4 is 4.74 Å². The summed E-state index contributed by atoms with van der Waals surface area (Å²) in [7, 11) is 0. The quantitative estimate of drug-likeness (QED) is 0.845. The van der Waals surface area contributed by atoms with E-state index in [1.54, 1.807) is 0 Å². The molecule has 1 unspecified atom stereocenters. The third-order valence-electron chi connectivity index (χ3n) is 3.39. The first-order valence-corrected chi connectivity index (χ1v) is 6.00. The van der Waals surface area contributed by atoms with Crippen molar-refractivity contribution in [1.82, 2.24) is 0 Å². The molecule has 16 heavy (non-hydrogen) atoms. The Morgan fingerprint density at radius 2 is 1.69 bits per heavy atom. The molecule has 88 valence electrons. The van der Waals surface area contributed by atoms with Crippen molar-refractivity contribution in [2.45, 2.75) is 51.2 Å². The second-order valence-corrected chi connectivity index (χ2v) is 5.02. The zero-order valence-electron chi connectivity index (χ0n) is 10.2. The van der Waals surface area contributed by atoms with Crippen molar-refractivity contribution in [1.29, 1.82) is 0 Å². The van der Waals surface area contributed by atoms with Gasteiger partial charge in [0.15, 0.2) is 0 Å². The van der Waals surface area contributed by atoms with Crippen molar-refractivity contribution in [3.05, 3.63) is 29.8 Å². The number of aliphatic hydroxyl groups excluding tert-OH is 1. The Morgan fingerprint density at radius 3 is 2.06 bits per heavy atom. The summed E-state index contributed by atoms with van der Waals surface area (Å²) in [5, 5.41) is 9.78. The smallest absolute Gasteiger partial charge is 0.119 e. The largest absolute Gasteiger partial charge is 0.491 e. The van der Waals surface area contributed by atoms with E-state index in [9.17, 15) is 5.11 Å². The lowest BCUT2D eigenvalue weighted by molar-refractivity contribution is 0.150. The third kappa shape index (κ3) is 2.07. The summed E-state index contributed by atoms with van der Waals surface area (Å²) in [6, 6.07) is 8.16. The second-order valence-electron chi connectivity index (χ2n) is 5.02. The van der Waals surface area contributed by atoms with Gasteiger partial charge in [-0.2, -0.15) is 0 Å². The second kappa shape index (κ2) is 4.10. The lowest BCUT2D eigenvalue weighted by atomic mass is 9.91. The fraction of sp³-hybridized carbons (Fsp3) is 0.571. The Kier molecular flexibility index (Phi) is 2.94. The molecule has 1 fully saturated rings. The van der Waals surface area contributed by atoms with Gasteiger partial charge in [-0.05, 0) is 51.3 Å². The summed E-state index contributed by atoms with van der Waals surface area (Å²) in [5.41, 5.74) is 1.26. The van der Waals surface area contributed by atoms with Crippen LogP contribution in [0.15, 0.2) is 24.3 Å². The van der Waals surface area contributed by atoms with E-state index in [1.807, 2.05) is 32.9 Å². The standard InChI is InChI=1S/C14H20O2/c1-10(2)16-13-6-4-12(5-7-13)14(8-9-14)11(3)15/h4-7,10-11,15H,8-9H2,1-3H3. The van der Waals surface area contributed by atoms with Gasteiger partial charge in [0.25, 0.3) is 0 Å². The number of hydrogen-bond donors (Lipinski definition) is 1. The predicted molar refractivity (Wildman–Crippen MR) is 64.8 cm³/mol. The van der Waals surface area contributed by atoms with E-state index < -0.39 is 0 Å². The van der Waals surface area contributed by atoms with E-state index in [4.69, 9.17) is 4.74 Å². The van der Waals surface area contributed by atoms with Crippen LogP contribution in [0.4, 0.5) is 0 Å². The maximum absolute atomic E-state index is 9.78. The number of aliphatic hydroxyl groups is 1. The summed E-state index contributed by atoms with van der Waals surface area (Å²) in [6.45, 7) is 5.92. The molecule has 0 spiro atoms. The van der Waals surface area contributed by atoms with E-state index in [0.717, 1.165) is 18.6 Å². The first kappa shape index (κ1) is 11.5. The topological polar surface area (TPSA) is 29.5 Å². The molecule has 1 aromatic carbocycles. The summed E-state index contributed by atoms with van der Waals surface area (Å²) in [6.07, 6.45) is 2.13. The van der Waals surface area contributed by atoms with Gasteiger partial charge in [0, 0.05) is 5.41 Å². The molecule has 1 saturated carbocycles. The van der Waals surface area contributed by atoms with Crippen molar-refractivity contribution in [2.75, 3.05) is 0 Å².